The summed E-state index contributed by atoms with van der Waals surface area (Å²) in [5, 5.41) is 1.15. The standard InChI is InChI=1S/C26H28N2O3/c1-18-4-2-5-20-16-21(17-27-25(18)20)19-7-9-22(10-8-19)31-23-11-13-28(14-12-23)26(29)24-6-3-15-30-24/h2,4-5,7-10,16-17,23-24H,3,6,11-15H2,1H3. The van der Waals surface area contributed by atoms with Gasteiger partial charge in [0.1, 0.15) is 18.0 Å². The van der Waals surface area contributed by atoms with E-state index < -0.39 is 0 Å². The first-order valence-electron chi connectivity index (χ1n) is 11.2. The number of pyridine rings is 1. The number of benzene rings is 2. The second-order valence-corrected chi connectivity index (χ2v) is 8.54. The minimum atomic E-state index is -0.224. The smallest absolute Gasteiger partial charge is 0.251 e. The van der Waals surface area contributed by atoms with Crippen LogP contribution in [0.2, 0.25) is 0 Å². The van der Waals surface area contributed by atoms with Crippen molar-refractivity contribution in [1.82, 2.24) is 9.88 Å². The highest BCUT2D eigenvalue weighted by atomic mass is 16.5. The number of fused-ring (bicyclic) bond motifs is 1. The van der Waals surface area contributed by atoms with Gasteiger partial charge in [0.25, 0.3) is 5.91 Å². The Morgan fingerprint density at radius 3 is 2.61 bits per heavy atom. The van der Waals surface area contributed by atoms with Crippen LogP contribution in [0.15, 0.2) is 54.7 Å². The predicted molar refractivity (Wildman–Crippen MR) is 121 cm³/mol. The van der Waals surface area contributed by atoms with E-state index in [1.807, 2.05) is 23.2 Å². The van der Waals surface area contributed by atoms with Crippen LogP contribution in [0.1, 0.15) is 31.2 Å². The van der Waals surface area contributed by atoms with Gasteiger partial charge in [-0.2, -0.15) is 0 Å². The molecule has 2 aromatic carbocycles. The van der Waals surface area contributed by atoms with Crippen molar-refractivity contribution in [3.63, 3.8) is 0 Å². The number of aryl methyl sites for hydroxylation is 1. The van der Waals surface area contributed by atoms with Crippen molar-refractivity contribution in [3.05, 3.63) is 60.3 Å². The summed E-state index contributed by atoms with van der Waals surface area (Å²) in [5.41, 5.74) is 4.47. The molecule has 2 fully saturated rings. The van der Waals surface area contributed by atoms with Crippen LogP contribution in [0.4, 0.5) is 0 Å². The fourth-order valence-electron chi connectivity index (χ4n) is 4.56. The van der Waals surface area contributed by atoms with E-state index in [1.165, 1.54) is 5.56 Å². The number of amides is 1. The Kier molecular flexibility index (Phi) is 5.60. The molecule has 31 heavy (non-hydrogen) atoms. The molecule has 1 amide bonds. The van der Waals surface area contributed by atoms with E-state index in [1.54, 1.807) is 0 Å². The monoisotopic (exact) mass is 416 g/mol. The van der Waals surface area contributed by atoms with Crippen LogP contribution in [0.25, 0.3) is 22.0 Å². The van der Waals surface area contributed by atoms with Gasteiger partial charge in [0.05, 0.1) is 5.52 Å². The third-order valence-corrected chi connectivity index (χ3v) is 6.36. The molecule has 3 heterocycles. The molecule has 0 N–H and O–H groups in total. The van der Waals surface area contributed by atoms with E-state index in [4.69, 9.17) is 9.47 Å². The highest BCUT2D eigenvalue weighted by Crippen LogP contribution is 2.27. The zero-order chi connectivity index (χ0) is 21.2. The first kappa shape index (κ1) is 20.0. The topological polar surface area (TPSA) is 51.7 Å². The summed E-state index contributed by atoms with van der Waals surface area (Å²) in [6.07, 6.45) is 5.41. The number of hydrogen-bond donors (Lipinski definition) is 0. The molecular formula is C26H28N2O3. The molecule has 0 radical (unpaired) electrons. The number of carbonyl (C=O) groups excluding carboxylic acids is 1. The molecule has 2 aliphatic rings. The van der Waals surface area contributed by atoms with Gasteiger partial charge >= 0.3 is 0 Å². The number of para-hydroxylation sites is 1. The Balaban J connectivity index is 1.20. The molecular weight excluding hydrogens is 388 g/mol. The first-order chi connectivity index (χ1) is 15.2. The van der Waals surface area contributed by atoms with E-state index in [2.05, 4.69) is 48.3 Å². The summed E-state index contributed by atoms with van der Waals surface area (Å²) in [6.45, 7) is 4.28. The molecule has 1 atom stereocenters. The zero-order valence-corrected chi connectivity index (χ0v) is 17.9. The summed E-state index contributed by atoms with van der Waals surface area (Å²) in [5.74, 6) is 1.02. The minimum Gasteiger partial charge on any atom is -0.490 e. The Morgan fingerprint density at radius 1 is 1.06 bits per heavy atom. The van der Waals surface area contributed by atoms with Crippen molar-refractivity contribution in [2.75, 3.05) is 19.7 Å². The number of nitrogens with zero attached hydrogens (tertiary/aromatic N) is 2. The molecule has 3 aromatic rings. The Bertz CT molecular complexity index is 1070. The SMILES string of the molecule is Cc1cccc2cc(-c3ccc(OC4CCN(C(=O)C5CCCO5)CC4)cc3)cnc12. The van der Waals surface area contributed by atoms with Gasteiger partial charge in [-0.1, -0.05) is 30.3 Å². The zero-order valence-electron chi connectivity index (χ0n) is 17.9. The molecule has 1 aromatic heterocycles. The van der Waals surface area contributed by atoms with Crippen molar-refractivity contribution in [3.8, 4) is 16.9 Å². The van der Waals surface area contributed by atoms with Crippen LogP contribution in [0, 0.1) is 6.92 Å². The Morgan fingerprint density at radius 2 is 1.87 bits per heavy atom. The van der Waals surface area contributed by atoms with E-state index in [0.29, 0.717) is 6.61 Å². The van der Waals surface area contributed by atoms with Crippen LogP contribution in [-0.4, -0.2) is 47.7 Å². The normalized spacial score (nSPS) is 19.6. The Hall–Kier alpha value is -2.92. The molecule has 160 valence electrons. The highest BCUT2D eigenvalue weighted by Gasteiger charge is 2.31. The fraction of sp³-hybridized carbons (Fsp3) is 0.385. The van der Waals surface area contributed by atoms with Gasteiger partial charge in [-0.25, -0.2) is 0 Å². The quantitative estimate of drug-likeness (QED) is 0.615. The van der Waals surface area contributed by atoms with E-state index in [9.17, 15) is 4.79 Å². The minimum absolute atomic E-state index is 0.143. The molecule has 0 spiro atoms. The maximum atomic E-state index is 12.5. The summed E-state index contributed by atoms with van der Waals surface area (Å²) < 4.78 is 11.7. The number of hydrogen-bond acceptors (Lipinski definition) is 4. The van der Waals surface area contributed by atoms with E-state index >= 15 is 0 Å². The van der Waals surface area contributed by atoms with Crippen LogP contribution < -0.4 is 4.74 Å². The molecule has 5 rings (SSSR count). The summed E-state index contributed by atoms with van der Waals surface area (Å²) in [4.78, 5) is 19.1. The van der Waals surface area contributed by atoms with Gasteiger partial charge in [0, 0.05) is 49.7 Å². The van der Waals surface area contributed by atoms with E-state index in [0.717, 1.165) is 66.6 Å². The highest BCUT2D eigenvalue weighted by molar-refractivity contribution is 5.85. The second kappa shape index (κ2) is 8.67. The summed E-state index contributed by atoms with van der Waals surface area (Å²) in [7, 11) is 0. The van der Waals surface area contributed by atoms with Gasteiger partial charge in [-0.15, -0.1) is 0 Å². The molecule has 5 heteroatoms. The van der Waals surface area contributed by atoms with Crippen molar-refractivity contribution >= 4 is 16.8 Å². The van der Waals surface area contributed by atoms with Crippen LogP contribution in [-0.2, 0) is 9.53 Å². The average Bonchev–Trinajstić information content (AvgIpc) is 3.35. The number of ether oxygens (including phenoxy) is 2. The largest absolute Gasteiger partial charge is 0.490 e. The van der Waals surface area contributed by atoms with Crippen LogP contribution in [0.5, 0.6) is 5.75 Å². The molecule has 0 bridgehead atoms. The molecule has 1 unspecified atom stereocenters. The lowest BCUT2D eigenvalue weighted by Gasteiger charge is -2.33. The molecule has 2 saturated heterocycles. The molecule has 2 aliphatic heterocycles. The van der Waals surface area contributed by atoms with Crippen molar-refractivity contribution in [2.24, 2.45) is 0 Å². The first-order valence-corrected chi connectivity index (χ1v) is 11.2. The van der Waals surface area contributed by atoms with Crippen LogP contribution >= 0.6 is 0 Å². The van der Waals surface area contributed by atoms with Gasteiger partial charge in [0.15, 0.2) is 0 Å². The van der Waals surface area contributed by atoms with E-state index in [-0.39, 0.29) is 18.1 Å². The lowest BCUT2D eigenvalue weighted by atomic mass is 10.0. The molecule has 5 nitrogen and oxygen atoms in total. The number of aromatic nitrogens is 1. The third kappa shape index (κ3) is 4.28. The van der Waals surface area contributed by atoms with Crippen LogP contribution in [0.3, 0.4) is 0 Å². The average molecular weight is 417 g/mol. The number of likely N-dealkylation sites (tertiary alicyclic amines) is 1. The maximum absolute atomic E-state index is 12.5. The predicted octanol–water partition coefficient (Wildman–Crippen LogP) is 4.76. The molecule has 0 aliphatic carbocycles. The number of piperidine rings is 1. The van der Waals surface area contributed by atoms with Crippen molar-refractivity contribution < 1.29 is 14.3 Å². The van der Waals surface area contributed by atoms with Crippen molar-refractivity contribution in [1.29, 1.82) is 0 Å². The second-order valence-electron chi connectivity index (χ2n) is 8.54. The van der Waals surface area contributed by atoms with Crippen molar-refractivity contribution in [2.45, 2.75) is 44.8 Å². The van der Waals surface area contributed by atoms with Gasteiger partial charge in [-0.05, 0) is 49.1 Å². The fourth-order valence-corrected chi connectivity index (χ4v) is 4.56. The third-order valence-electron chi connectivity index (χ3n) is 6.36. The molecule has 0 saturated carbocycles. The van der Waals surface area contributed by atoms with Gasteiger partial charge in [0.2, 0.25) is 0 Å². The van der Waals surface area contributed by atoms with Gasteiger partial charge in [-0.3, -0.25) is 9.78 Å². The summed E-state index contributed by atoms with van der Waals surface area (Å²) in [6, 6.07) is 16.7. The lowest BCUT2D eigenvalue weighted by Crippen LogP contribution is -2.45. The summed E-state index contributed by atoms with van der Waals surface area (Å²) >= 11 is 0. The number of carbonyl (C=O) groups is 1. The Labute approximate surface area is 183 Å². The lowest BCUT2D eigenvalue weighted by molar-refractivity contribution is -0.142. The van der Waals surface area contributed by atoms with Gasteiger partial charge < -0.3 is 14.4 Å². The maximum Gasteiger partial charge on any atom is 0.251 e. The number of rotatable bonds is 4.